The molecule has 2 aliphatic heterocycles. The molecule has 1 saturated heterocycles. The largest absolute Gasteiger partial charge is 0.307 e. The highest BCUT2D eigenvalue weighted by Crippen LogP contribution is 2.41. The van der Waals surface area contributed by atoms with Crippen molar-refractivity contribution in [3.63, 3.8) is 0 Å². The fourth-order valence-electron chi connectivity index (χ4n) is 2.40. The van der Waals surface area contributed by atoms with E-state index in [4.69, 9.17) is 0 Å². The third-order valence-electron chi connectivity index (χ3n) is 3.13. The van der Waals surface area contributed by atoms with Crippen molar-refractivity contribution in [3.8, 4) is 0 Å². The molecular weight excluding hydrogens is 194 g/mol. The number of aryl methyl sites for hydroxylation is 1. The van der Waals surface area contributed by atoms with Crippen molar-refractivity contribution < 1.29 is 0 Å². The molecule has 4 heteroatoms. The van der Waals surface area contributed by atoms with Gasteiger partial charge in [-0.25, -0.2) is 0 Å². The van der Waals surface area contributed by atoms with Gasteiger partial charge in [-0.1, -0.05) is 0 Å². The maximum Gasteiger partial charge on any atom is 0.0802 e. The molecule has 0 bridgehead atoms. The quantitative estimate of drug-likeness (QED) is 0.762. The van der Waals surface area contributed by atoms with Crippen LogP contribution in [-0.4, -0.2) is 15.5 Å². The molecule has 1 N–H and O–H groups in total. The van der Waals surface area contributed by atoms with E-state index in [0.717, 1.165) is 13.1 Å². The minimum atomic E-state index is 0.671. The zero-order valence-electron chi connectivity index (χ0n) is 8.42. The van der Waals surface area contributed by atoms with E-state index < -0.39 is 0 Å². The Hall–Kier alpha value is -0.480. The summed E-state index contributed by atoms with van der Waals surface area (Å²) in [6, 6.07) is 0. The lowest BCUT2D eigenvalue weighted by Gasteiger charge is -2.06. The van der Waals surface area contributed by atoms with E-state index in [1.54, 1.807) is 0 Å². The average Bonchev–Trinajstić information content (AvgIpc) is 2.84. The van der Waals surface area contributed by atoms with Gasteiger partial charge >= 0.3 is 0 Å². The molecular formula is C10H15N3S. The molecule has 1 atom stereocenters. The zero-order chi connectivity index (χ0) is 9.54. The predicted molar refractivity (Wildman–Crippen MR) is 58.2 cm³/mol. The van der Waals surface area contributed by atoms with Crippen molar-refractivity contribution in [2.75, 3.05) is 5.75 Å². The summed E-state index contributed by atoms with van der Waals surface area (Å²) in [7, 11) is 2.06. The Bertz CT molecular complexity index is 352. The van der Waals surface area contributed by atoms with Crippen LogP contribution in [0.5, 0.6) is 0 Å². The van der Waals surface area contributed by atoms with Crippen molar-refractivity contribution in [1.82, 2.24) is 15.1 Å². The first-order chi connectivity index (χ1) is 6.86. The lowest BCUT2D eigenvalue weighted by Crippen LogP contribution is -2.07. The smallest absolute Gasteiger partial charge is 0.0802 e. The summed E-state index contributed by atoms with van der Waals surface area (Å²) in [5, 5.41) is 8.74. The van der Waals surface area contributed by atoms with Gasteiger partial charge in [0.2, 0.25) is 0 Å². The molecule has 0 amide bonds. The highest BCUT2D eigenvalue weighted by Gasteiger charge is 2.28. The number of nitrogens with one attached hydrogen (secondary N) is 1. The lowest BCUT2D eigenvalue weighted by atomic mass is 10.1. The fraction of sp³-hybridized carbons (Fsp3) is 0.700. The van der Waals surface area contributed by atoms with Crippen molar-refractivity contribution >= 4 is 11.8 Å². The van der Waals surface area contributed by atoms with Gasteiger partial charge in [0.25, 0.3) is 0 Å². The van der Waals surface area contributed by atoms with Crippen LogP contribution in [0.25, 0.3) is 0 Å². The van der Waals surface area contributed by atoms with Gasteiger partial charge < -0.3 is 5.32 Å². The average molecular weight is 209 g/mol. The Morgan fingerprint density at radius 2 is 2.43 bits per heavy atom. The minimum Gasteiger partial charge on any atom is -0.307 e. The van der Waals surface area contributed by atoms with Crippen molar-refractivity contribution in [2.24, 2.45) is 7.05 Å². The maximum absolute atomic E-state index is 4.67. The number of rotatable bonds is 1. The van der Waals surface area contributed by atoms with Gasteiger partial charge in [0.1, 0.15) is 0 Å². The van der Waals surface area contributed by atoms with Gasteiger partial charge in [-0.15, -0.1) is 0 Å². The van der Waals surface area contributed by atoms with Crippen LogP contribution in [0.15, 0.2) is 0 Å². The molecule has 0 spiro atoms. The topological polar surface area (TPSA) is 29.9 Å². The molecule has 3 rings (SSSR count). The van der Waals surface area contributed by atoms with Crippen molar-refractivity contribution in [2.45, 2.75) is 31.2 Å². The Morgan fingerprint density at radius 3 is 3.21 bits per heavy atom. The first kappa shape index (κ1) is 8.80. The van der Waals surface area contributed by atoms with E-state index in [1.165, 1.54) is 35.5 Å². The van der Waals surface area contributed by atoms with Crippen LogP contribution in [0.1, 0.15) is 35.0 Å². The van der Waals surface area contributed by atoms with Gasteiger partial charge in [0.05, 0.1) is 11.4 Å². The summed E-state index contributed by atoms with van der Waals surface area (Å²) in [5.74, 6) is 1.31. The predicted octanol–water partition coefficient (Wildman–Crippen LogP) is 1.59. The molecule has 1 aromatic heterocycles. The highest BCUT2D eigenvalue weighted by molar-refractivity contribution is 7.99. The summed E-state index contributed by atoms with van der Waals surface area (Å²) >= 11 is 2.07. The monoisotopic (exact) mass is 209 g/mol. The van der Waals surface area contributed by atoms with Gasteiger partial charge in [0.15, 0.2) is 0 Å². The van der Waals surface area contributed by atoms with E-state index in [0.29, 0.717) is 5.25 Å². The number of aromatic nitrogens is 2. The molecule has 3 nitrogen and oxygen atoms in total. The van der Waals surface area contributed by atoms with Crippen LogP contribution >= 0.6 is 11.8 Å². The Morgan fingerprint density at radius 1 is 1.50 bits per heavy atom. The normalized spacial score (nSPS) is 25.6. The number of hydrogen-bond donors (Lipinski definition) is 1. The molecule has 14 heavy (non-hydrogen) atoms. The molecule has 1 fully saturated rings. The molecule has 1 unspecified atom stereocenters. The molecule has 2 aliphatic rings. The van der Waals surface area contributed by atoms with E-state index >= 15 is 0 Å². The lowest BCUT2D eigenvalue weighted by molar-refractivity contribution is 0.647. The van der Waals surface area contributed by atoms with Crippen molar-refractivity contribution in [1.29, 1.82) is 0 Å². The standard InChI is InChI=1S/C10H15N3S/c1-13-8-6-11-5-7(8)10(12-13)9-3-2-4-14-9/h9,11H,2-6H2,1H3. The van der Waals surface area contributed by atoms with Crippen LogP contribution in [0.3, 0.4) is 0 Å². The van der Waals surface area contributed by atoms with E-state index in [9.17, 15) is 0 Å². The first-order valence-corrected chi connectivity index (χ1v) is 6.28. The Balaban J connectivity index is 2.01. The van der Waals surface area contributed by atoms with Gasteiger partial charge in [-0.2, -0.15) is 16.9 Å². The third kappa shape index (κ3) is 1.21. The molecule has 0 aromatic carbocycles. The van der Waals surface area contributed by atoms with E-state index in [-0.39, 0.29) is 0 Å². The van der Waals surface area contributed by atoms with Gasteiger partial charge in [0, 0.05) is 31.0 Å². The zero-order valence-corrected chi connectivity index (χ0v) is 9.23. The maximum atomic E-state index is 4.67. The number of hydrogen-bond acceptors (Lipinski definition) is 3. The first-order valence-electron chi connectivity index (χ1n) is 5.23. The number of fused-ring (bicyclic) bond motifs is 1. The summed E-state index contributed by atoms with van der Waals surface area (Å²) in [6.07, 6.45) is 2.67. The summed E-state index contributed by atoms with van der Waals surface area (Å²) < 4.78 is 2.06. The minimum absolute atomic E-state index is 0.671. The summed E-state index contributed by atoms with van der Waals surface area (Å²) in [5.41, 5.74) is 4.23. The second kappa shape index (κ2) is 3.28. The van der Waals surface area contributed by atoms with Crippen molar-refractivity contribution in [3.05, 3.63) is 17.0 Å². The molecule has 3 heterocycles. The Kier molecular flexibility index (Phi) is 2.06. The molecule has 0 aliphatic carbocycles. The van der Waals surface area contributed by atoms with E-state index in [1.807, 2.05) is 0 Å². The van der Waals surface area contributed by atoms with Crippen LogP contribution in [0.2, 0.25) is 0 Å². The van der Waals surface area contributed by atoms with Gasteiger partial charge in [-0.05, 0) is 18.6 Å². The SMILES string of the molecule is Cn1nc(C2CCCS2)c2c1CNC2. The van der Waals surface area contributed by atoms with E-state index in [2.05, 4.69) is 33.9 Å². The summed E-state index contributed by atoms with van der Waals surface area (Å²) in [6.45, 7) is 2.02. The molecule has 0 radical (unpaired) electrons. The Labute approximate surface area is 88.3 Å². The number of thioether (sulfide) groups is 1. The second-order valence-corrected chi connectivity index (χ2v) is 5.35. The molecule has 1 aromatic rings. The molecule has 76 valence electrons. The number of nitrogens with zero attached hydrogens (tertiary/aromatic N) is 2. The third-order valence-corrected chi connectivity index (χ3v) is 4.52. The van der Waals surface area contributed by atoms with Crippen LogP contribution < -0.4 is 5.32 Å². The van der Waals surface area contributed by atoms with Crippen LogP contribution in [0.4, 0.5) is 0 Å². The fourth-order valence-corrected chi connectivity index (χ4v) is 3.70. The molecule has 0 saturated carbocycles. The van der Waals surface area contributed by atoms with Gasteiger partial charge in [-0.3, -0.25) is 4.68 Å². The second-order valence-electron chi connectivity index (χ2n) is 4.04. The summed E-state index contributed by atoms with van der Waals surface area (Å²) in [4.78, 5) is 0. The highest BCUT2D eigenvalue weighted by atomic mass is 32.2. The van der Waals surface area contributed by atoms with Crippen LogP contribution in [0, 0.1) is 0 Å². The van der Waals surface area contributed by atoms with Crippen LogP contribution in [-0.2, 0) is 20.1 Å².